The van der Waals surface area contributed by atoms with Gasteiger partial charge in [-0.25, -0.2) is 4.79 Å². The zero-order valence-electron chi connectivity index (χ0n) is 13.1. The van der Waals surface area contributed by atoms with E-state index in [1.54, 1.807) is 25.1 Å². The standard InChI is InChI=1S/C15H21N5O2/c1-4-13(14-17-11(2)19-22-14)18-15(21)20(3)10-8-12-7-5-6-9-16-12/h5-7,9,13H,4,8,10H2,1-3H3,(H,18,21)/t13-/m1/s1. The number of likely N-dealkylation sites (N-methyl/N-ethyl adjacent to an activating group) is 1. The van der Waals surface area contributed by atoms with Crippen molar-refractivity contribution in [3.63, 3.8) is 0 Å². The van der Waals surface area contributed by atoms with Gasteiger partial charge in [-0.15, -0.1) is 0 Å². The molecule has 0 bridgehead atoms. The zero-order chi connectivity index (χ0) is 15.9. The van der Waals surface area contributed by atoms with Crippen LogP contribution in [-0.2, 0) is 6.42 Å². The normalized spacial score (nSPS) is 12.0. The van der Waals surface area contributed by atoms with E-state index in [1.807, 2.05) is 25.1 Å². The predicted octanol–water partition coefficient (Wildman–Crippen LogP) is 2.11. The Kier molecular flexibility index (Phi) is 5.46. The lowest BCUT2D eigenvalue weighted by Crippen LogP contribution is -2.40. The van der Waals surface area contributed by atoms with Crippen LogP contribution in [0.5, 0.6) is 0 Å². The number of hydrogen-bond donors (Lipinski definition) is 1. The van der Waals surface area contributed by atoms with Crippen LogP contribution in [0.4, 0.5) is 4.79 Å². The number of urea groups is 1. The smallest absolute Gasteiger partial charge is 0.317 e. The number of aryl methyl sites for hydroxylation is 1. The molecular weight excluding hydrogens is 282 g/mol. The summed E-state index contributed by atoms with van der Waals surface area (Å²) in [6.45, 7) is 4.29. The van der Waals surface area contributed by atoms with Gasteiger partial charge in [0.2, 0.25) is 5.89 Å². The Morgan fingerprint density at radius 3 is 2.86 bits per heavy atom. The van der Waals surface area contributed by atoms with Gasteiger partial charge in [0.1, 0.15) is 6.04 Å². The maximum absolute atomic E-state index is 12.2. The van der Waals surface area contributed by atoms with E-state index in [0.29, 0.717) is 31.1 Å². The van der Waals surface area contributed by atoms with Gasteiger partial charge in [0.15, 0.2) is 5.82 Å². The van der Waals surface area contributed by atoms with Crippen molar-refractivity contribution in [2.24, 2.45) is 0 Å². The first-order chi connectivity index (χ1) is 10.6. The van der Waals surface area contributed by atoms with Gasteiger partial charge >= 0.3 is 6.03 Å². The Morgan fingerprint density at radius 1 is 1.45 bits per heavy atom. The van der Waals surface area contributed by atoms with Crippen molar-refractivity contribution in [3.05, 3.63) is 41.8 Å². The first-order valence-electron chi connectivity index (χ1n) is 7.32. The van der Waals surface area contributed by atoms with Crippen molar-refractivity contribution >= 4 is 6.03 Å². The summed E-state index contributed by atoms with van der Waals surface area (Å²) in [6.07, 6.45) is 3.14. The van der Waals surface area contributed by atoms with Gasteiger partial charge < -0.3 is 14.7 Å². The maximum Gasteiger partial charge on any atom is 0.317 e. The maximum atomic E-state index is 12.2. The highest BCUT2D eigenvalue weighted by molar-refractivity contribution is 5.74. The van der Waals surface area contributed by atoms with Gasteiger partial charge in [0, 0.05) is 31.9 Å². The van der Waals surface area contributed by atoms with Crippen LogP contribution in [0.3, 0.4) is 0 Å². The third-order valence-corrected chi connectivity index (χ3v) is 3.32. The first-order valence-corrected chi connectivity index (χ1v) is 7.32. The van der Waals surface area contributed by atoms with Crippen molar-refractivity contribution in [1.82, 2.24) is 25.3 Å². The number of carbonyl (C=O) groups excluding carboxylic acids is 1. The molecule has 0 fully saturated rings. The number of amides is 2. The van der Waals surface area contributed by atoms with E-state index in [0.717, 1.165) is 5.69 Å². The van der Waals surface area contributed by atoms with Crippen molar-refractivity contribution in [2.45, 2.75) is 32.7 Å². The molecule has 1 N–H and O–H groups in total. The minimum Gasteiger partial charge on any atom is -0.337 e. The molecular formula is C15H21N5O2. The highest BCUT2D eigenvalue weighted by Gasteiger charge is 2.20. The lowest BCUT2D eigenvalue weighted by atomic mass is 10.2. The number of hydrogen-bond acceptors (Lipinski definition) is 5. The number of rotatable bonds is 6. The lowest BCUT2D eigenvalue weighted by Gasteiger charge is -2.20. The van der Waals surface area contributed by atoms with E-state index in [2.05, 4.69) is 20.4 Å². The monoisotopic (exact) mass is 303 g/mol. The van der Waals surface area contributed by atoms with Gasteiger partial charge in [-0.1, -0.05) is 18.1 Å². The molecule has 1 atom stereocenters. The average Bonchev–Trinajstić information content (AvgIpc) is 2.97. The summed E-state index contributed by atoms with van der Waals surface area (Å²) >= 11 is 0. The Labute approximate surface area is 129 Å². The fourth-order valence-electron chi connectivity index (χ4n) is 1.98. The second kappa shape index (κ2) is 7.53. The lowest BCUT2D eigenvalue weighted by molar-refractivity contribution is 0.200. The van der Waals surface area contributed by atoms with E-state index in [1.165, 1.54) is 0 Å². The molecule has 0 aromatic carbocycles. The molecule has 0 aliphatic carbocycles. The Hall–Kier alpha value is -2.44. The van der Waals surface area contributed by atoms with Gasteiger partial charge in [0.25, 0.3) is 0 Å². The quantitative estimate of drug-likeness (QED) is 0.883. The molecule has 7 heteroatoms. The molecule has 0 aliphatic heterocycles. The van der Waals surface area contributed by atoms with Crippen molar-refractivity contribution in [3.8, 4) is 0 Å². The predicted molar refractivity (Wildman–Crippen MR) is 81.2 cm³/mol. The molecule has 0 radical (unpaired) electrons. The molecule has 22 heavy (non-hydrogen) atoms. The summed E-state index contributed by atoms with van der Waals surface area (Å²) in [5.41, 5.74) is 0.960. The van der Waals surface area contributed by atoms with Crippen molar-refractivity contribution in [1.29, 1.82) is 0 Å². The summed E-state index contributed by atoms with van der Waals surface area (Å²) in [6, 6.07) is 5.32. The van der Waals surface area contributed by atoms with Crippen LogP contribution in [0, 0.1) is 6.92 Å². The number of nitrogens with one attached hydrogen (secondary N) is 1. The van der Waals surface area contributed by atoms with E-state index in [4.69, 9.17) is 4.52 Å². The van der Waals surface area contributed by atoms with Gasteiger partial charge in [-0.05, 0) is 25.5 Å². The van der Waals surface area contributed by atoms with Crippen LogP contribution in [0.2, 0.25) is 0 Å². The number of pyridine rings is 1. The fraction of sp³-hybridized carbons (Fsp3) is 0.467. The SMILES string of the molecule is CC[C@@H](NC(=O)N(C)CCc1ccccn1)c1nc(C)no1. The largest absolute Gasteiger partial charge is 0.337 e. The molecule has 2 aromatic heterocycles. The summed E-state index contributed by atoms with van der Waals surface area (Å²) in [5, 5.41) is 6.66. The molecule has 2 heterocycles. The summed E-state index contributed by atoms with van der Waals surface area (Å²) in [5.74, 6) is 0.998. The van der Waals surface area contributed by atoms with Gasteiger partial charge in [0.05, 0.1) is 0 Å². The van der Waals surface area contributed by atoms with Crippen LogP contribution in [0.15, 0.2) is 28.9 Å². The summed E-state index contributed by atoms with van der Waals surface area (Å²) in [4.78, 5) is 22.3. The van der Waals surface area contributed by atoms with Gasteiger partial charge in [-0.2, -0.15) is 4.98 Å². The van der Waals surface area contributed by atoms with E-state index >= 15 is 0 Å². The Bertz CT molecular complexity index is 599. The van der Waals surface area contributed by atoms with Crippen molar-refractivity contribution < 1.29 is 9.32 Å². The molecule has 7 nitrogen and oxygen atoms in total. The second-order valence-corrected chi connectivity index (χ2v) is 5.08. The minimum atomic E-state index is -0.272. The van der Waals surface area contributed by atoms with Gasteiger partial charge in [-0.3, -0.25) is 4.98 Å². The topological polar surface area (TPSA) is 84.2 Å². The molecule has 0 spiro atoms. The molecule has 2 rings (SSSR count). The molecule has 0 aliphatic rings. The molecule has 0 unspecified atom stereocenters. The molecule has 2 amide bonds. The summed E-state index contributed by atoms with van der Waals surface area (Å²) in [7, 11) is 1.75. The third-order valence-electron chi connectivity index (χ3n) is 3.32. The first kappa shape index (κ1) is 15.9. The summed E-state index contributed by atoms with van der Waals surface area (Å²) < 4.78 is 5.12. The highest BCUT2D eigenvalue weighted by atomic mass is 16.5. The number of carbonyl (C=O) groups is 1. The van der Waals surface area contributed by atoms with Crippen LogP contribution in [0.25, 0.3) is 0 Å². The van der Waals surface area contributed by atoms with Crippen LogP contribution in [0.1, 0.15) is 36.8 Å². The number of nitrogens with zero attached hydrogens (tertiary/aromatic N) is 4. The van der Waals surface area contributed by atoms with E-state index in [-0.39, 0.29) is 12.1 Å². The van der Waals surface area contributed by atoms with Crippen LogP contribution >= 0.6 is 0 Å². The molecule has 0 saturated heterocycles. The second-order valence-electron chi connectivity index (χ2n) is 5.08. The van der Waals surface area contributed by atoms with Crippen LogP contribution < -0.4 is 5.32 Å². The molecule has 118 valence electrons. The average molecular weight is 303 g/mol. The van der Waals surface area contributed by atoms with E-state index in [9.17, 15) is 4.79 Å². The Balaban J connectivity index is 1.87. The third kappa shape index (κ3) is 4.28. The highest BCUT2D eigenvalue weighted by Crippen LogP contribution is 2.14. The zero-order valence-corrected chi connectivity index (χ0v) is 13.1. The molecule has 2 aromatic rings. The van der Waals surface area contributed by atoms with Crippen LogP contribution in [-0.4, -0.2) is 39.6 Å². The fourth-order valence-corrected chi connectivity index (χ4v) is 1.98. The molecule has 0 saturated carbocycles. The minimum absolute atomic E-state index is 0.168. The Morgan fingerprint density at radius 2 is 2.27 bits per heavy atom. The number of aromatic nitrogens is 3. The van der Waals surface area contributed by atoms with Crippen molar-refractivity contribution in [2.75, 3.05) is 13.6 Å². The van der Waals surface area contributed by atoms with E-state index < -0.39 is 0 Å².